The molecule has 252 valence electrons. The molecule has 0 fully saturated rings. The van der Waals surface area contributed by atoms with Crippen LogP contribution in [0.25, 0.3) is 16.8 Å². The normalized spacial score (nSPS) is 15.4. The number of hydrogen-bond acceptors (Lipinski definition) is 3. The zero-order valence-corrected chi connectivity index (χ0v) is 29.1. The van der Waals surface area contributed by atoms with Crippen molar-refractivity contribution in [3.05, 3.63) is 210 Å². The second-order valence-electron chi connectivity index (χ2n) is 13.5. The lowest BCUT2D eigenvalue weighted by Gasteiger charge is -2.39. The van der Waals surface area contributed by atoms with Crippen molar-refractivity contribution in [3.8, 4) is 11.1 Å². The summed E-state index contributed by atoms with van der Waals surface area (Å²) in [5, 5.41) is 20.8. The Labute approximate surface area is 301 Å². The topological polar surface area (TPSA) is 55.2 Å². The van der Waals surface area contributed by atoms with Crippen LogP contribution >= 0.6 is 0 Å². The molecule has 0 saturated carbocycles. The number of nitrogens with zero attached hydrogens (tertiary/aromatic N) is 3. The van der Waals surface area contributed by atoms with Crippen molar-refractivity contribution in [2.75, 3.05) is 0 Å². The van der Waals surface area contributed by atoms with Gasteiger partial charge in [-0.25, -0.2) is 0 Å². The van der Waals surface area contributed by atoms with E-state index >= 15 is 0 Å². The van der Waals surface area contributed by atoms with Gasteiger partial charge in [-0.2, -0.15) is 0 Å². The molecule has 51 heavy (non-hydrogen) atoms. The van der Waals surface area contributed by atoms with Crippen molar-refractivity contribution in [3.63, 3.8) is 0 Å². The number of aliphatic imine (C=N–C) groups is 1. The van der Waals surface area contributed by atoms with E-state index in [1.54, 1.807) is 0 Å². The van der Waals surface area contributed by atoms with E-state index < -0.39 is 5.54 Å². The molecule has 6 aromatic carbocycles. The summed E-state index contributed by atoms with van der Waals surface area (Å²) >= 11 is 0. The summed E-state index contributed by atoms with van der Waals surface area (Å²) in [4.78, 5) is 5.32. The Kier molecular flexibility index (Phi) is 10.1. The van der Waals surface area contributed by atoms with Gasteiger partial charge in [-0.1, -0.05) is 184 Å². The summed E-state index contributed by atoms with van der Waals surface area (Å²) in [7, 11) is 0. The van der Waals surface area contributed by atoms with Gasteiger partial charge < -0.3 is 5.11 Å². The molecule has 6 aromatic rings. The quantitative estimate of drug-likeness (QED) is 0.0797. The number of nitrogens with one attached hydrogen (secondary N) is 1. The van der Waals surface area contributed by atoms with Crippen LogP contribution in [0.2, 0.25) is 0 Å². The van der Waals surface area contributed by atoms with Gasteiger partial charge in [0, 0.05) is 12.0 Å². The highest BCUT2D eigenvalue weighted by Crippen LogP contribution is 2.40. The van der Waals surface area contributed by atoms with Gasteiger partial charge in [0.2, 0.25) is 12.7 Å². The van der Waals surface area contributed by atoms with Gasteiger partial charge in [0.1, 0.15) is 0 Å². The minimum absolute atomic E-state index is 0.254. The molecule has 5 heteroatoms. The fraction of sp³-hybridized carbons (Fsp3) is 0.152. The zero-order valence-electron chi connectivity index (χ0n) is 29.1. The number of rotatable bonds is 12. The van der Waals surface area contributed by atoms with Gasteiger partial charge in [0.25, 0.3) is 5.70 Å². The van der Waals surface area contributed by atoms with E-state index in [0.717, 1.165) is 50.5 Å². The molecule has 7 rings (SSSR count). The highest BCUT2D eigenvalue weighted by Gasteiger charge is 2.52. The Hall–Kier alpha value is -5.91. The smallest absolute Gasteiger partial charge is 0.300 e. The average Bonchev–Trinajstić information content (AvgIpc) is 3.60. The van der Waals surface area contributed by atoms with Crippen LogP contribution in [0.4, 0.5) is 0 Å². The van der Waals surface area contributed by atoms with E-state index in [4.69, 9.17) is 10.2 Å². The molecule has 0 aromatic heterocycles. The third-order valence-corrected chi connectivity index (χ3v) is 9.56. The molecule has 0 saturated heterocycles. The van der Waals surface area contributed by atoms with Crippen LogP contribution in [0.15, 0.2) is 192 Å². The monoisotopic (exact) mass is 667 g/mol. The third kappa shape index (κ3) is 7.21. The maximum Gasteiger partial charge on any atom is 0.300 e. The van der Waals surface area contributed by atoms with E-state index in [0.29, 0.717) is 12.1 Å². The lowest BCUT2D eigenvalue weighted by atomic mass is 9.74. The van der Waals surface area contributed by atoms with Gasteiger partial charge in [0.05, 0.1) is 5.56 Å². The molecule has 0 aliphatic carbocycles. The first-order chi connectivity index (χ1) is 25.0. The Morgan fingerprint density at radius 1 is 0.647 bits per heavy atom. The predicted octanol–water partition coefficient (Wildman–Crippen LogP) is 8.30. The standard InChI is InChI=1S/C46H42N4O/c1-35(2)32-44(46(39-26-14-6-15-27-39,40-28-16-7-17-29-40)47-45(51)38-24-12-5-13-25-38)50-34-43(49(48-50)33-36-20-8-3-9-21-36)42-31-19-18-30-41(42)37-22-10-4-11-23-37/h3-31,34-35,44H,32-33H2,1-2H3/p+1. The summed E-state index contributed by atoms with van der Waals surface area (Å²) in [5.74, 6) is 0.0265. The van der Waals surface area contributed by atoms with Crippen molar-refractivity contribution in [1.29, 1.82) is 0 Å². The summed E-state index contributed by atoms with van der Waals surface area (Å²) < 4.78 is 2.14. The predicted molar refractivity (Wildman–Crippen MR) is 204 cm³/mol. The SMILES string of the molecule is CC(C)CC([NH+]1C=C(c2ccccc2-c2ccccc2)[N+](Cc2ccccc2)=N1)C(N=C([O-])c1ccccc1)(c1ccccc1)c1ccccc1. The van der Waals surface area contributed by atoms with Gasteiger partial charge in [-0.05, 0) is 50.4 Å². The Balaban J connectivity index is 1.49. The van der Waals surface area contributed by atoms with Crippen LogP contribution in [0, 0.1) is 5.92 Å². The van der Waals surface area contributed by atoms with Crippen LogP contribution in [0.5, 0.6) is 0 Å². The first kappa shape index (κ1) is 33.6. The Morgan fingerprint density at radius 3 is 1.71 bits per heavy atom. The molecule has 1 N–H and O–H groups in total. The first-order valence-corrected chi connectivity index (χ1v) is 17.7. The van der Waals surface area contributed by atoms with Crippen molar-refractivity contribution in [2.45, 2.75) is 38.4 Å². The highest BCUT2D eigenvalue weighted by molar-refractivity contribution is 5.91. The van der Waals surface area contributed by atoms with Crippen molar-refractivity contribution >= 4 is 11.6 Å². The largest absolute Gasteiger partial charge is 0.858 e. The molecule has 1 aliphatic heterocycles. The summed E-state index contributed by atoms with van der Waals surface area (Å²) in [6, 6.07) is 59.3. The molecular weight excluding hydrogens is 625 g/mol. The van der Waals surface area contributed by atoms with Crippen LogP contribution in [0.3, 0.4) is 0 Å². The van der Waals surface area contributed by atoms with Crippen molar-refractivity contribution < 1.29 is 14.8 Å². The lowest BCUT2D eigenvalue weighted by Crippen LogP contribution is -3.09. The van der Waals surface area contributed by atoms with Crippen molar-refractivity contribution in [1.82, 2.24) is 0 Å². The van der Waals surface area contributed by atoms with Gasteiger partial charge >= 0.3 is 0 Å². The van der Waals surface area contributed by atoms with E-state index in [9.17, 15) is 5.11 Å². The molecule has 2 unspecified atom stereocenters. The molecule has 0 spiro atoms. The molecule has 1 heterocycles. The maximum atomic E-state index is 14.4. The van der Waals surface area contributed by atoms with E-state index in [2.05, 4.69) is 122 Å². The number of benzene rings is 6. The van der Waals surface area contributed by atoms with E-state index in [1.807, 2.05) is 78.9 Å². The Bertz CT molecular complexity index is 2090. The van der Waals surface area contributed by atoms with E-state index in [-0.39, 0.29) is 17.9 Å². The first-order valence-electron chi connectivity index (χ1n) is 17.7. The molecular formula is C46H43N4O+. The second-order valence-corrected chi connectivity index (χ2v) is 13.5. The highest BCUT2D eigenvalue weighted by atomic mass is 16.3. The Morgan fingerprint density at radius 2 is 1.14 bits per heavy atom. The molecule has 5 nitrogen and oxygen atoms in total. The minimum atomic E-state index is -1.07. The van der Waals surface area contributed by atoms with Crippen LogP contribution in [0.1, 0.15) is 48.1 Å². The molecule has 2 atom stereocenters. The van der Waals surface area contributed by atoms with Crippen molar-refractivity contribution in [2.24, 2.45) is 16.1 Å². The fourth-order valence-electron chi connectivity index (χ4n) is 7.22. The van der Waals surface area contributed by atoms with Crippen LogP contribution in [-0.4, -0.2) is 16.6 Å². The minimum Gasteiger partial charge on any atom is -0.858 e. The molecule has 1 aliphatic rings. The second kappa shape index (κ2) is 15.3. The molecule has 0 bridgehead atoms. The number of hydrogen-bond donors (Lipinski definition) is 1. The van der Waals surface area contributed by atoms with E-state index in [1.165, 1.54) is 0 Å². The maximum absolute atomic E-state index is 14.4. The third-order valence-electron chi connectivity index (χ3n) is 9.56. The fourth-order valence-corrected chi connectivity index (χ4v) is 7.22. The number of quaternary nitrogens is 1. The summed E-state index contributed by atoms with van der Waals surface area (Å²) in [6.07, 6.45) is 3.00. The van der Waals surface area contributed by atoms with Gasteiger partial charge in [0.15, 0.2) is 16.8 Å². The summed E-state index contributed by atoms with van der Waals surface area (Å²) in [5.41, 5.74) is 6.96. The zero-order chi connectivity index (χ0) is 35.0. The lowest BCUT2D eigenvalue weighted by molar-refractivity contribution is -0.926. The molecule has 0 amide bonds. The van der Waals surface area contributed by atoms with Gasteiger partial charge in [-0.15, -0.1) is 5.01 Å². The summed E-state index contributed by atoms with van der Waals surface area (Å²) in [6.45, 7) is 5.07. The van der Waals surface area contributed by atoms with Crippen LogP contribution < -0.4 is 10.1 Å². The average molecular weight is 668 g/mol. The van der Waals surface area contributed by atoms with Gasteiger partial charge in [-0.3, -0.25) is 4.99 Å². The van der Waals surface area contributed by atoms with Crippen LogP contribution in [-0.2, 0) is 12.1 Å². The molecule has 0 radical (unpaired) electrons.